The number of halogens is 3. The molecule has 0 radical (unpaired) electrons. The standard InChI is InChI=1S/C21H22F3NO3/c1-19(27,21(22,23)24)16-9-7-15(8-10-16)18(26)25-13-11-20(28,12-14-25)17-5-3-2-4-6-17/h2-10,27-28H,11-14H2,1H3. The highest BCUT2D eigenvalue weighted by atomic mass is 19.4. The Bertz CT molecular complexity index is 824. The van der Waals surface area contributed by atoms with Crippen molar-refractivity contribution in [1.82, 2.24) is 4.90 Å². The zero-order valence-electron chi connectivity index (χ0n) is 15.4. The summed E-state index contributed by atoms with van der Waals surface area (Å²) in [4.78, 5) is 14.2. The second kappa shape index (κ2) is 7.22. The quantitative estimate of drug-likeness (QED) is 0.838. The van der Waals surface area contributed by atoms with Crippen LogP contribution in [0.3, 0.4) is 0 Å². The van der Waals surface area contributed by atoms with Crippen LogP contribution in [0.15, 0.2) is 54.6 Å². The number of amides is 1. The first-order valence-corrected chi connectivity index (χ1v) is 9.01. The molecule has 1 heterocycles. The average Bonchev–Trinajstić information content (AvgIpc) is 2.68. The molecule has 1 atom stereocenters. The minimum absolute atomic E-state index is 0.242. The molecular weight excluding hydrogens is 371 g/mol. The van der Waals surface area contributed by atoms with Crippen LogP contribution in [0.1, 0.15) is 41.3 Å². The van der Waals surface area contributed by atoms with Gasteiger partial charge in [0, 0.05) is 18.7 Å². The summed E-state index contributed by atoms with van der Waals surface area (Å²) in [7, 11) is 0. The number of hydrogen-bond acceptors (Lipinski definition) is 3. The first-order valence-electron chi connectivity index (χ1n) is 9.01. The number of carbonyl (C=O) groups is 1. The third-order valence-electron chi connectivity index (χ3n) is 5.43. The third kappa shape index (κ3) is 3.77. The van der Waals surface area contributed by atoms with Gasteiger partial charge in [0.1, 0.15) is 0 Å². The lowest BCUT2D eigenvalue weighted by Gasteiger charge is -2.38. The van der Waals surface area contributed by atoms with E-state index in [0.717, 1.165) is 17.7 Å². The van der Waals surface area contributed by atoms with Crippen molar-refractivity contribution < 1.29 is 28.2 Å². The number of nitrogens with zero attached hydrogens (tertiary/aromatic N) is 1. The Morgan fingerprint density at radius 1 is 1.00 bits per heavy atom. The van der Waals surface area contributed by atoms with Crippen LogP contribution in [0.25, 0.3) is 0 Å². The molecular formula is C21H22F3NO3. The summed E-state index contributed by atoms with van der Waals surface area (Å²) in [6.45, 7) is 1.36. The van der Waals surface area contributed by atoms with Crippen LogP contribution in [-0.2, 0) is 11.2 Å². The lowest BCUT2D eigenvalue weighted by Crippen LogP contribution is -2.45. The number of carbonyl (C=O) groups excluding carboxylic acids is 1. The average molecular weight is 393 g/mol. The molecule has 2 N–H and O–H groups in total. The van der Waals surface area contributed by atoms with Gasteiger partial charge in [-0.2, -0.15) is 13.2 Å². The summed E-state index contributed by atoms with van der Waals surface area (Å²) in [5.74, 6) is -0.312. The molecule has 1 saturated heterocycles. The number of benzene rings is 2. The van der Waals surface area contributed by atoms with E-state index in [-0.39, 0.29) is 17.0 Å². The molecule has 0 spiro atoms. The van der Waals surface area contributed by atoms with Crippen molar-refractivity contribution in [3.05, 3.63) is 71.3 Å². The fraction of sp³-hybridized carbons (Fsp3) is 0.381. The van der Waals surface area contributed by atoms with Crippen molar-refractivity contribution in [1.29, 1.82) is 0 Å². The van der Waals surface area contributed by atoms with Gasteiger partial charge in [0.25, 0.3) is 5.91 Å². The molecule has 4 nitrogen and oxygen atoms in total. The SMILES string of the molecule is CC(O)(c1ccc(C(=O)N2CCC(O)(c3ccccc3)CC2)cc1)C(F)(F)F. The van der Waals surface area contributed by atoms with Gasteiger partial charge in [-0.15, -0.1) is 0 Å². The molecule has 3 rings (SSSR count). The van der Waals surface area contributed by atoms with Crippen molar-refractivity contribution in [2.45, 2.75) is 37.1 Å². The molecule has 1 aliphatic rings. The Morgan fingerprint density at radius 3 is 2.04 bits per heavy atom. The summed E-state index contributed by atoms with van der Waals surface area (Å²) < 4.78 is 38.8. The van der Waals surface area contributed by atoms with E-state index in [2.05, 4.69) is 0 Å². The molecule has 0 saturated carbocycles. The number of alkyl halides is 3. The molecule has 150 valence electrons. The Morgan fingerprint density at radius 2 is 1.54 bits per heavy atom. The maximum atomic E-state index is 12.9. The van der Waals surface area contributed by atoms with E-state index in [0.29, 0.717) is 32.9 Å². The highest BCUT2D eigenvalue weighted by Gasteiger charge is 2.51. The Balaban J connectivity index is 1.69. The van der Waals surface area contributed by atoms with E-state index in [9.17, 15) is 28.2 Å². The normalized spacial score (nSPS) is 19.1. The van der Waals surface area contributed by atoms with Crippen LogP contribution in [0, 0.1) is 0 Å². The largest absolute Gasteiger partial charge is 0.421 e. The highest BCUT2D eigenvalue weighted by Crippen LogP contribution is 2.38. The van der Waals surface area contributed by atoms with Gasteiger partial charge in [0.2, 0.25) is 0 Å². The van der Waals surface area contributed by atoms with E-state index in [1.807, 2.05) is 30.3 Å². The van der Waals surface area contributed by atoms with Crippen LogP contribution < -0.4 is 0 Å². The van der Waals surface area contributed by atoms with Crippen LogP contribution in [0.5, 0.6) is 0 Å². The molecule has 28 heavy (non-hydrogen) atoms. The van der Waals surface area contributed by atoms with Crippen molar-refractivity contribution in [2.75, 3.05) is 13.1 Å². The van der Waals surface area contributed by atoms with Crippen molar-refractivity contribution >= 4 is 5.91 Å². The maximum absolute atomic E-state index is 12.9. The van der Waals surface area contributed by atoms with Crippen molar-refractivity contribution in [3.63, 3.8) is 0 Å². The minimum atomic E-state index is -4.81. The Labute approximate surface area is 161 Å². The van der Waals surface area contributed by atoms with Gasteiger partial charge in [0.05, 0.1) is 5.60 Å². The fourth-order valence-electron chi connectivity index (χ4n) is 3.40. The first-order chi connectivity index (χ1) is 13.0. The van der Waals surface area contributed by atoms with Crippen LogP contribution in [0.2, 0.25) is 0 Å². The summed E-state index contributed by atoms with van der Waals surface area (Å²) in [6.07, 6.45) is -4.06. The van der Waals surface area contributed by atoms with Crippen molar-refractivity contribution in [2.24, 2.45) is 0 Å². The van der Waals surface area contributed by atoms with E-state index in [4.69, 9.17) is 0 Å². The van der Waals surface area contributed by atoms with E-state index in [1.165, 1.54) is 12.1 Å². The van der Waals surface area contributed by atoms with Gasteiger partial charge in [-0.1, -0.05) is 42.5 Å². The van der Waals surface area contributed by atoms with Crippen LogP contribution in [0.4, 0.5) is 13.2 Å². The molecule has 7 heteroatoms. The predicted molar refractivity (Wildman–Crippen MR) is 97.5 cm³/mol. The molecule has 1 fully saturated rings. The number of piperidine rings is 1. The molecule has 2 aromatic carbocycles. The van der Waals surface area contributed by atoms with Gasteiger partial charge in [-0.25, -0.2) is 0 Å². The number of likely N-dealkylation sites (tertiary alicyclic amines) is 1. The molecule has 1 aliphatic heterocycles. The topological polar surface area (TPSA) is 60.8 Å². The van der Waals surface area contributed by atoms with Gasteiger partial charge >= 0.3 is 6.18 Å². The fourth-order valence-corrected chi connectivity index (χ4v) is 3.40. The lowest BCUT2D eigenvalue weighted by molar-refractivity contribution is -0.258. The monoisotopic (exact) mass is 393 g/mol. The third-order valence-corrected chi connectivity index (χ3v) is 5.43. The number of rotatable bonds is 3. The van der Waals surface area contributed by atoms with E-state index < -0.39 is 17.4 Å². The van der Waals surface area contributed by atoms with Crippen LogP contribution >= 0.6 is 0 Å². The number of aliphatic hydroxyl groups is 2. The Hall–Kier alpha value is -2.38. The molecule has 1 unspecified atom stereocenters. The van der Waals surface area contributed by atoms with E-state index >= 15 is 0 Å². The highest BCUT2D eigenvalue weighted by molar-refractivity contribution is 5.94. The van der Waals surface area contributed by atoms with Gasteiger partial charge < -0.3 is 15.1 Å². The molecule has 0 aliphatic carbocycles. The first kappa shape index (κ1) is 20.4. The Kier molecular flexibility index (Phi) is 5.25. The number of hydrogen-bond donors (Lipinski definition) is 2. The molecule has 1 amide bonds. The molecule has 2 aromatic rings. The smallest absolute Gasteiger partial charge is 0.385 e. The summed E-state index contributed by atoms with van der Waals surface area (Å²) in [6, 6.07) is 14.1. The minimum Gasteiger partial charge on any atom is -0.385 e. The maximum Gasteiger partial charge on any atom is 0.421 e. The van der Waals surface area contributed by atoms with E-state index in [1.54, 1.807) is 4.90 Å². The van der Waals surface area contributed by atoms with Gasteiger partial charge in [-0.05, 0) is 43.0 Å². The molecule has 0 aromatic heterocycles. The lowest BCUT2D eigenvalue weighted by atomic mass is 9.84. The molecule has 0 bridgehead atoms. The van der Waals surface area contributed by atoms with Gasteiger partial charge in [0.15, 0.2) is 5.60 Å². The van der Waals surface area contributed by atoms with Gasteiger partial charge in [-0.3, -0.25) is 4.79 Å². The zero-order chi connectivity index (χ0) is 20.6. The summed E-state index contributed by atoms with van der Waals surface area (Å²) in [5, 5.41) is 20.6. The summed E-state index contributed by atoms with van der Waals surface area (Å²) in [5.41, 5.74) is -3.25. The second-order valence-corrected chi connectivity index (χ2v) is 7.34. The zero-order valence-corrected chi connectivity index (χ0v) is 15.4. The predicted octanol–water partition coefficient (Wildman–Crippen LogP) is 3.58. The van der Waals surface area contributed by atoms with Crippen molar-refractivity contribution in [3.8, 4) is 0 Å². The van der Waals surface area contributed by atoms with Crippen LogP contribution in [-0.4, -0.2) is 40.3 Å². The second-order valence-electron chi connectivity index (χ2n) is 7.34. The summed E-state index contributed by atoms with van der Waals surface area (Å²) >= 11 is 0.